The molecule has 2 fully saturated rings. The molecule has 1 saturated carbocycles. The third-order valence-electron chi connectivity index (χ3n) is 4.09. The molecular formula is C14H23ClF2N2O. The van der Waals surface area contributed by atoms with E-state index in [4.69, 9.17) is 0 Å². The van der Waals surface area contributed by atoms with Crippen molar-refractivity contribution in [1.29, 1.82) is 0 Å². The van der Waals surface area contributed by atoms with Gasteiger partial charge in [0.25, 0.3) is 0 Å². The van der Waals surface area contributed by atoms with Crippen LogP contribution in [-0.2, 0) is 4.79 Å². The Morgan fingerprint density at radius 1 is 1.35 bits per heavy atom. The Morgan fingerprint density at radius 2 is 2.00 bits per heavy atom. The molecule has 0 aromatic heterocycles. The van der Waals surface area contributed by atoms with Crippen LogP contribution in [-0.4, -0.2) is 41.9 Å². The van der Waals surface area contributed by atoms with E-state index in [9.17, 15) is 13.6 Å². The lowest BCUT2D eigenvalue weighted by Crippen LogP contribution is -2.50. The molecule has 1 N–H and O–H groups in total. The maximum absolute atomic E-state index is 13.2. The van der Waals surface area contributed by atoms with Gasteiger partial charge < -0.3 is 10.2 Å². The van der Waals surface area contributed by atoms with Gasteiger partial charge in [-0.15, -0.1) is 19.0 Å². The van der Waals surface area contributed by atoms with E-state index in [-0.39, 0.29) is 43.2 Å². The van der Waals surface area contributed by atoms with Crippen molar-refractivity contribution in [2.75, 3.05) is 13.1 Å². The van der Waals surface area contributed by atoms with Crippen molar-refractivity contribution in [3.8, 4) is 0 Å². The average Bonchev–Trinajstić information content (AvgIpc) is 2.89. The van der Waals surface area contributed by atoms with Gasteiger partial charge in [0.15, 0.2) is 0 Å². The van der Waals surface area contributed by atoms with Crippen LogP contribution in [0.2, 0.25) is 0 Å². The van der Waals surface area contributed by atoms with Crippen LogP contribution in [0.1, 0.15) is 38.5 Å². The molecule has 116 valence electrons. The number of nitrogens with one attached hydrogen (secondary N) is 1. The number of carbonyl (C=O) groups is 1. The number of alkyl halides is 2. The van der Waals surface area contributed by atoms with Crippen LogP contribution in [0, 0.1) is 0 Å². The fourth-order valence-corrected chi connectivity index (χ4v) is 2.99. The molecule has 20 heavy (non-hydrogen) atoms. The largest absolute Gasteiger partial charge is 0.335 e. The first-order valence-electron chi connectivity index (χ1n) is 7.06. The van der Waals surface area contributed by atoms with E-state index < -0.39 is 5.92 Å². The molecule has 2 aliphatic rings. The van der Waals surface area contributed by atoms with Crippen molar-refractivity contribution < 1.29 is 13.6 Å². The zero-order chi connectivity index (χ0) is 13.9. The van der Waals surface area contributed by atoms with E-state index in [0.717, 1.165) is 19.4 Å². The Labute approximate surface area is 125 Å². The quantitative estimate of drug-likeness (QED) is 0.810. The summed E-state index contributed by atoms with van der Waals surface area (Å²) in [6.45, 7) is 4.98. The molecule has 0 bridgehead atoms. The van der Waals surface area contributed by atoms with Crippen molar-refractivity contribution in [1.82, 2.24) is 10.2 Å². The zero-order valence-corrected chi connectivity index (χ0v) is 12.4. The zero-order valence-electron chi connectivity index (χ0n) is 11.6. The monoisotopic (exact) mass is 308 g/mol. The summed E-state index contributed by atoms with van der Waals surface area (Å²) in [5.41, 5.74) is 0. The molecule has 0 spiro atoms. The minimum absolute atomic E-state index is 0. The summed E-state index contributed by atoms with van der Waals surface area (Å²) in [6, 6.07) is -0.199. The van der Waals surface area contributed by atoms with Gasteiger partial charge in [-0.1, -0.05) is 6.08 Å². The van der Waals surface area contributed by atoms with E-state index in [0.29, 0.717) is 19.4 Å². The van der Waals surface area contributed by atoms with E-state index >= 15 is 0 Å². The topological polar surface area (TPSA) is 32.3 Å². The number of halogens is 3. The van der Waals surface area contributed by atoms with Gasteiger partial charge in [0.1, 0.15) is 0 Å². The first kappa shape index (κ1) is 17.4. The Morgan fingerprint density at radius 3 is 2.50 bits per heavy atom. The van der Waals surface area contributed by atoms with Crippen LogP contribution >= 0.6 is 12.4 Å². The van der Waals surface area contributed by atoms with Crippen LogP contribution < -0.4 is 5.32 Å². The highest BCUT2D eigenvalue weighted by Crippen LogP contribution is 2.35. The van der Waals surface area contributed by atoms with Gasteiger partial charge in [-0.3, -0.25) is 4.79 Å². The predicted octanol–water partition coefficient (Wildman–Crippen LogP) is 2.75. The molecule has 6 heteroatoms. The maximum Gasteiger partial charge on any atom is 0.248 e. The molecule has 0 unspecified atom stereocenters. The number of hydrogen-bond donors (Lipinski definition) is 1. The van der Waals surface area contributed by atoms with Crippen LogP contribution in [0.15, 0.2) is 12.7 Å². The SMILES string of the molecule is C=CCN(C(=O)[C@@H]1CCCN1)C1CCC(F)(F)CC1.Cl. The molecule has 1 heterocycles. The third kappa shape index (κ3) is 4.16. The first-order valence-corrected chi connectivity index (χ1v) is 7.06. The summed E-state index contributed by atoms with van der Waals surface area (Å²) >= 11 is 0. The third-order valence-corrected chi connectivity index (χ3v) is 4.09. The summed E-state index contributed by atoms with van der Waals surface area (Å²) < 4.78 is 26.4. The summed E-state index contributed by atoms with van der Waals surface area (Å²) in [5, 5.41) is 3.18. The van der Waals surface area contributed by atoms with Gasteiger partial charge in [0.05, 0.1) is 6.04 Å². The molecule has 0 radical (unpaired) electrons. The normalized spacial score (nSPS) is 25.8. The molecule has 1 aliphatic heterocycles. The van der Waals surface area contributed by atoms with Crippen molar-refractivity contribution >= 4 is 18.3 Å². The molecule has 3 nitrogen and oxygen atoms in total. The molecular weight excluding hydrogens is 286 g/mol. The number of nitrogens with zero attached hydrogens (tertiary/aromatic N) is 1. The molecule has 1 atom stereocenters. The van der Waals surface area contributed by atoms with Crippen molar-refractivity contribution in [3.05, 3.63) is 12.7 Å². The lowest BCUT2D eigenvalue weighted by atomic mass is 9.90. The minimum Gasteiger partial charge on any atom is -0.335 e. The van der Waals surface area contributed by atoms with E-state index in [1.807, 2.05) is 0 Å². The Bertz CT molecular complexity index is 336. The van der Waals surface area contributed by atoms with Gasteiger partial charge in [0.2, 0.25) is 11.8 Å². The molecule has 2 rings (SSSR count). The number of amides is 1. The van der Waals surface area contributed by atoms with Crippen molar-refractivity contribution in [2.24, 2.45) is 0 Å². The van der Waals surface area contributed by atoms with Crippen molar-refractivity contribution in [2.45, 2.75) is 56.5 Å². The molecule has 0 aromatic carbocycles. The second-order valence-electron chi connectivity index (χ2n) is 5.52. The number of hydrogen-bond acceptors (Lipinski definition) is 2. The van der Waals surface area contributed by atoms with Gasteiger partial charge >= 0.3 is 0 Å². The lowest BCUT2D eigenvalue weighted by Gasteiger charge is -2.37. The van der Waals surface area contributed by atoms with Gasteiger partial charge in [-0.2, -0.15) is 0 Å². The molecule has 1 amide bonds. The van der Waals surface area contributed by atoms with Crippen LogP contribution in [0.3, 0.4) is 0 Å². The minimum atomic E-state index is -2.55. The Kier molecular flexibility index (Phi) is 6.40. The maximum atomic E-state index is 13.2. The molecule has 0 aromatic rings. The first-order chi connectivity index (χ1) is 9.03. The van der Waals surface area contributed by atoms with E-state index in [1.165, 1.54) is 0 Å². The van der Waals surface area contributed by atoms with Crippen LogP contribution in [0.5, 0.6) is 0 Å². The fraction of sp³-hybridized carbons (Fsp3) is 0.786. The second kappa shape index (κ2) is 7.36. The highest BCUT2D eigenvalue weighted by atomic mass is 35.5. The highest BCUT2D eigenvalue weighted by Gasteiger charge is 2.39. The van der Waals surface area contributed by atoms with Gasteiger partial charge in [-0.25, -0.2) is 8.78 Å². The summed E-state index contributed by atoms with van der Waals surface area (Å²) in [7, 11) is 0. The van der Waals surface area contributed by atoms with Gasteiger partial charge in [-0.05, 0) is 32.2 Å². The van der Waals surface area contributed by atoms with E-state index in [2.05, 4.69) is 11.9 Å². The Hall–Kier alpha value is -0.680. The van der Waals surface area contributed by atoms with Crippen molar-refractivity contribution in [3.63, 3.8) is 0 Å². The van der Waals surface area contributed by atoms with Gasteiger partial charge in [0, 0.05) is 25.4 Å². The number of carbonyl (C=O) groups excluding carboxylic acids is 1. The summed E-state index contributed by atoms with van der Waals surface area (Å²) in [5.74, 6) is -2.50. The smallest absolute Gasteiger partial charge is 0.248 e. The molecule has 1 saturated heterocycles. The second-order valence-corrected chi connectivity index (χ2v) is 5.52. The Balaban J connectivity index is 0.00000200. The van der Waals surface area contributed by atoms with E-state index in [1.54, 1.807) is 11.0 Å². The summed E-state index contributed by atoms with van der Waals surface area (Å²) in [6.07, 6.45) is 4.07. The average molecular weight is 309 g/mol. The lowest BCUT2D eigenvalue weighted by molar-refractivity contribution is -0.137. The van der Waals surface area contributed by atoms with Crippen LogP contribution in [0.4, 0.5) is 8.78 Å². The summed E-state index contributed by atoms with van der Waals surface area (Å²) in [4.78, 5) is 14.2. The number of rotatable bonds is 4. The fourth-order valence-electron chi connectivity index (χ4n) is 2.99. The highest BCUT2D eigenvalue weighted by molar-refractivity contribution is 5.85. The molecule has 1 aliphatic carbocycles. The standard InChI is InChI=1S/C14H22F2N2O.ClH/c1-2-10-18(13(19)12-4-3-9-17-12)11-5-7-14(15,16)8-6-11;/h2,11-12,17H,1,3-10H2;1H/t12-;/m0./s1. The predicted molar refractivity (Wildman–Crippen MR) is 77.4 cm³/mol. The van der Waals surface area contributed by atoms with Crippen LogP contribution in [0.25, 0.3) is 0 Å².